The molecule has 2 aromatic heterocycles. The van der Waals surface area contributed by atoms with E-state index in [0.29, 0.717) is 24.9 Å². The molecule has 8 heteroatoms. The van der Waals surface area contributed by atoms with Gasteiger partial charge in [-0.15, -0.1) is 16.4 Å². The first kappa shape index (κ1) is 12.0. The van der Waals surface area contributed by atoms with Gasteiger partial charge in [0.15, 0.2) is 5.13 Å². The second kappa shape index (κ2) is 5.71. The lowest BCUT2D eigenvalue weighted by Gasteiger charge is -1.97. The Bertz CT molecular complexity index is 469. The highest BCUT2D eigenvalue weighted by Crippen LogP contribution is 2.11. The predicted molar refractivity (Wildman–Crippen MR) is 62.4 cm³/mol. The predicted octanol–water partition coefficient (Wildman–Crippen LogP) is -0.126. The van der Waals surface area contributed by atoms with E-state index in [2.05, 4.69) is 15.3 Å². The summed E-state index contributed by atoms with van der Waals surface area (Å²) in [5, 5.41) is 18.9. The first-order valence-electron chi connectivity index (χ1n) is 5.05. The molecule has 0 amide bonds. The molecule has 0 saturated carbocycles. The minimum absolute atomic E-state index is 0.00619. The molecule has 0 fully saturated rings. The molecule has 92 valence electrons. The molecule has 0 aliphatic carbocycles. The molecule has 0 spiro atoms. The van der Waals surface area contributed by atoms with E-state index in [4.69, 9.17) is 15.6 Å². The standard InChI is InChI=1S/C9H13N5O2S/c10-9-11-8(6-17-9)4-14-3-7(12-13-14)5-16-2-1-15/h3,6,15H,1-2,4-5H2,(H2,10,11). The van der Waals surface area contributed by atoms with Crippen LogP contribution in [0.2, 0.25) is 0 Å². The van der Waals surface area contributed by atoms with Crippen molar-refractivity contribution in [3.05, 3.63) is 23.0 Å². The fourth-order valence-electron chi connectivity index (χ4n) is 1.28. The van der Waals surface area contributed by atoms with Gasteiger partial charge in [0.2, 0.25) is 0 Å². The summed E-state index contributed by atoms with van der Waals surface area (Å²) in [6.45, 7) is 1.20. The molecule has 3 N–H and O–H groups in total. The lowest BCUT2D eigenvalue weighted by molar-refractivity contribution is 0.0796. The number of nitrogen functional groups attached to an aromatic ring is 1. The van der Waals surface area contributed by atoms with Crippen LogP contribution in [0.4, 0.5) is 5.13 Å². The minimum atomic E-state index is 0.00619. The van der Waals surface area contributed by atoms with Gasteiger partial charge in [0.25, 0.3) is 0 Å². The number of thiazole rings is 1. The zero-order chi connectivity index (χ0) is 12.1. The van der Waals surface area contributed by atoms with Crippen molar-refractivity contribution in [2.45, 2.75) is 13.2 Å². The van der Waals surface area contributed by atoms with Crippen LogP contribution in [-0.2, 0) is 17.9 Å². The number of hydrogen-bond acceptors (Lipinski definition) is 7. The van der Waals surface area contributed by atoms with Crippen LogP contribution in [0.25, 0.3) is 0 Å². The van der Waals surface area contributed by atoms with E-state index in [1.54, 1.807) is 10.9 Å². The van der Waals surface area contributed by atoms with Gasteiger partial charge in [-0.25, -0.2) is 9.67 Å². The maximum atomic E-state index is 8.56. The topological polar surface area (TPSA) is 99.1 Å². The maximum Gasteiger partial charge on any atom is 0.180 e. The lowest BCUT2D eigenvalue weighted by Crippen LogP contribution is -2.01. The third kappa shape index (κ3) is 3.48. The van der Waals surface area contributed by atoms with Crippen molar-refractivity contribution < 1.29 is 9.84 Å². The molecule has 2 aromatic rings. The summed E-state index contributed by atoms with van der Waals surface area (Å²) in [6, 6.07) is 0. The highest BCUT2D eigenvalue weighted by molar-refractivity contribution is 7.13. The third-order valence-corrected chi connectivity index (χ3v) is 2.69. The maximum absolute atomic E-state index is 8.56. The van der Waals surface area contributed by atoms with Crippen molar-refractivity contribution in [3.63, 3.8) is 0 Å². The molecule has 2 rings (SSSR count). The van der Waals surface area contributed by atoms with Crippen LogP contribution in [0.1, 0.15) is 11.4 Å². The molecule has 0 saturated heterocycles. The fourth-order valence-corrected chi connectivity index (χ4v) is 1.84. The van der Waals surface area contributed by atoms with Crippen LogP contribution in [-0.4, -0.2) is 38.3 Å². The van der Waals surface area contributed by atoms with Gasteiger partial charge in [0, 0.05) is 5.38 Å². The normalized spacial score (nSPS) is 10.9. The van der Waals surface area contributed by atoms with E-state index in [1.165, 1.54) is 11.3 Å². The van der Waals surface area contributed by atoms with E-state index >= 15 is 0 Å². The summed E-state index contributed by atoms with van der Waals surface area (Å²) < 4.78 is 6.81. The molecule has 17 heavy (non-hydrogen) atoms. The summed E-state index contributed by atoms with van der Waals surface area (Å²) in [5.74, 6) is 0. The van der Waals surface area contributed by atoms with Crippen LogP contribution in [0.5, 0.6) is 0 Å². The Labute approximate surface area is 102 Å². The number of aliphatic hydroxyl groups is 1. The van der Waals surface area contributed by atoms with E-state index in [9.17, 15) is 0 Å². The number of aliphatic hydroxyl groups excluding tert-OH is 1. The number of aromatic nitrogens is 4. The van der Waals surface area contributed by atoms with Gasteiger partial charge < -0.3 is 15.6 Å². The minimum Gasteiger partial charge on any atom is -0.394 e. The van der Waals surface area contributed by atoms with Crippen LogP contribution >= 0.6 is 11.3 Å². The highest BCUT2D eigenvalue weighted by Gasteiger charge is 2.04. The summed E-state index contributed by atoms with van der Waals surface area (Å²) in [5.41, 5.74) is 7.12. The third-order valence-electron chi connectivity index (χ3n) is 1.97. The highest BCUT2D eigenvalue weighted by atomic mass is 32.1. The summed E-state index contributed by atoms with van der Waals surface area (Å²) in [7, 11) is 0. The number of ether oxygens (including phenoxy) is 1. The van der Waals surface area contributed by atoms with Gasteiger partial charge in [-0.2, -0.15) is 0 Å². The second-order valence-electron chi connectivity index (χ2n) is 3.36. The van der Waals surface area contributed by atoms with Crippen molar-refractivity contribution in [1.29, 1.82) is 0 Å². The molecular weight excluding hydrogens is 242 g/mol. The molecule has 0 bridgehead atoms. The molecule has 0 aliphatic rings. The Morgan fingerprint density at radius 2 is 2.35 bits per heavy atom. The van der Waals surface area contributed by atoms with Crippen molar-refractivity contribution in [3.8, 4) is 0 Å². The SMILES string of the molecule is Nc1nc(Cn2cc(COCCO)nn2)cs1. The molecule has 7 nitrogen and oxygen atoms in total. The van der Waals surface area contributed by atoms with Crippen molar-refractivity contribution in [1.82, 2.24) is 20.0 Å². The molecular formula is C9H13N5O2S. The van der Waals surface area contributed by atoms with Gasteiger partial charge in [0.05, 0.1) is 38.3 Å². The Hall–Kier alpha value is -1.51. The molecule has 2 heterocycles. The average Bonchev–Trinajstić information content (AvgIpc) is 2.90. The van der Waals surface area contributed by atoms with Crippen molar-refractivity contribution in [2.75, 3.05) is 18.9 Å². The van der Waals surface area contributed by atoms with E-state index in [-0.39, 0.29) is 6.61 Å². The van der Waals surface area contributed by atoms with Gasteiger partial charge in [-0.3, -0.25) is 0 Å². The molecule has 0 aliphatic heterocycles. The molecule has 0 radical (unpaired) electrons. The van der Waals surface area contributed by atoms with Crippen LogP contribution < -0.4 is 5.73 Å². The first-order chi connectivity index (χ1) is 8.28. The number of rotatable bonds is 6. The Morgan fingerprint density at radius 1 is 1.47 bits per heavy atom. The van der Waals surface area contributed by atoms with Gasteiger partial charge >= 0.3 is 0 Å². The zero-order valence-electron chi connectivity index (χ0n) is 9.11. The average molecular weight is 255 g/mol. The lowest BCUT2D eigenvalue weighted by atomic mass is 10.5. The van der Waals surface area contributed by atoms with E-state index in [0.717, 1.165) is 11.4 Å². The fraction of sp³-hybridized carbons (Fsp3) is 0.444. The number of hydrogen-bond donors (Lipinski definition) is 2. The van der Waals surface area contributed by atoms with E-state index in [1.807, 2.05) is 5.38 Å². The monoisotopic (exact) mass is 255 g/mol. The largest absolute Gasteiger partial charge is 0.394 e. The number of nitrogens with zero attached hydrogens (tertiary/aromatic N) is 4. The summed E-state index contributed by atoms with van der Waals surface area (Å²) in [6.07, 6.45) is 1.78. The number of nitrogens with two attached hydrogens (primary N) is 1. The van der Waals surface area contributed by atoms with Gasteiger partial charge in [-0.1, -0.05) is 5.21 Å². The quantitative estimate of drug-likeness (QED) is 0.698. The Balaban J connectivity index is 1.89. The van der Waals surface area contributed by atoms with Crippen molar-refractivity contribution >= 4 is 16.5 Å². The first-order valence-corrected chi connectivity index (χ1v) is 5.93. The molecule has 0 unspecified atom stereocenters. The number of anilines is 1. The zero-order valence-corrected chi connectivity index (χ0v) is 9.93. The van der Waals surface area contributed by atoms with E-state index < -0.39 is 0 Å². The van der Waals surface area contributed by atoms with Gasteiger partial charge in [0.1, 0.15) is 5.69 Å². The summed E-state index contributed by atoms with van der Waals surface area (Å²) >= 11 is 1.40. The Kier molecular flexibility index (Phi) is 4.02. The summed E-state index contributed by atoms with van der Waals surface area (Å²) in [4.78, 5) is 4.13. The Morgan fingerprint density at radius 3 is 3.06 bits per heavy atom. The molecule has 0 atom stereocenters. The van der Waals surface area contributed by atoms with Crippen molar-refractivity contribution in [2.24, 2.45) is 0 Å². The van der Waals surface area contributed by atoms with Gasteiger partial charge in [-0.05, 0) is 0 Å². The van der Waals surface area contributed by atoms with Crippen LogP contribution in [0, 0.1) is 0 Å². The second-order valence-corrected chi connectivity index (χ2v) is 4.25. The van der Waals surface area contributed by atoms with Crippen LogP contribution in [0.3, 0.4) is 0 Å². The molecule has 0 aromatic carbocycles. The smallest absolute Gasteiger partial charge is 0.180 e. The van der Waals surface area contributed by atoms with Crippen LogP contribution in [0.15, 0.2) is 11.6 Å².